The summed E-state index contributed by atoms with van der Waals surface area (Å²) in [5.74, 6) is -0.314. The highest BCUT2D eigenvalue weighted by molar-refractivity contribution is 7.90. The first-order valence-corrected chi connectivity index (χ1v) is 12.9. The summed E-state index contributed by atoms with van der Waals surface area (Å²) in [6.45, 7) is 4.11. The van der Waals surface area contributed by atoms with E-state index in [1.54, 1.807) is 18.3 Å². The van der Waals surface area contributed by atoms with Crippen molar-refractivity contribution in [2.75, 3.05) is 11.6 Å². The smallest absolute Gasteiger partial charge is 0.256 e. The van der Waals surface area contributed by atoms with Gasteiger partial charge in [0.2, 0.25) is 0 Å². The van der Waals surface area contributed by atoms with Gasteiger partial charge >= 0.3 is 0 Å². The Bertz CT molecular complexity index is 1460. The Morgan fingerprint density at radius 3 is 2.41 bits per heavy atom. The van der Waals surface area contributed by atoms with Crippen LogP contribution >= 0.6 is 0 Å². The predicted molar refractivity (Wildman–Crippen MR) is 137 cm³/mol. The van der Waals surface area contributed by atoms with Crippen molar-refractivity contribution in [3.63, 3.8) is 0 Å². The summed E-state index contributed by atoms with van der Waals surface area (Å²) < 4.78 is 24.4. The Kier molecular flexibility index (Phi) is 6.61. The van der Waals surface area contributed by atoms with Crippen LogP contribution < -0.4 is 5.32 Å². The van der Waals surface area contributed by atoms with E-state index >= 15 is 0 Å². The first kappa shape index (κ1) is 23.4. The van der Waals surface area contributed by atoms with Gasteiger partial charge in [-0.1, -0.05) is 43.3 Å². The SMILES string of the molecule is CCc1ccc(-c2cc(S(C)(=O)=O)ccc2C(=O)Nc2cccc(-c3ccccn3)c2)cc1C. The highest BCUT2D eigenvalue weighted by Gasteiger charge is 2.18. The molecule has 0 bridgehead atoms. The number of benzene rings is 3. The molecule has 0 saturated carbocycles. The maximum atomic E-state index is 13.3. The molecule has 0 atom stereocenters. The number of hydrogen-bond acceptors (Lipinski definition) is 4. The van der Waals surface area contributed by atoms with E-state index in [-0.39, 0.29) is 10.8 Å². The van der Waals surface area contributed by atoms with Crippen molar-refractivity contribution < 1.29 is 13.2 Å². The number of aryl methyl sites for hydroxylation is 2. The fourth-order valence-corrected chi connectivity index (χ4v) is 4.59. The molecule has 172 valence electrons. The first-order chi connectivity index (χ1) is 16.3. The molecule has 0 spiro atoms. The van der Waals surface area contributed by atoms with Crippen LogP contribution in [0.5, 0.6) is 0 Å². The number of amides is 1. The molecule has 0 aliphatic rings. The number of nitrogens with zero attached hydrogens (tertiary/aromatic N) is 1. The molecule has 1 heterocycles. The van der Waals surface area contributed by atoms with Gasteiger partial charge in [-0.2, -0.15) is 0 Å². The van der Waals surface area contributed by atoms with E-state index in [2.05, 4.69) is 17.2 Å². The second-order valence-electron chi connectivity index (χ2n) is 8.22. The van der Waals surface area contributed by atoms with Crippen LogP contribution in [0, 0.1) is 6.92 Å². The quantitative estimate of drug-likeness (QED) is 0.378. The molecule has 1 aromatic heterocycles. The van der Waals surface area contributed by atoms with Crippen molar-refractivity contribution in [2.24, 2.45) is 0 Å². The minimum absolute atomic E-state index is 0.174. The lowest BCUT2D eigenvalue weighted by Crippen LogP contribution is -2.14. The summed E-state index contributed by atoms with van der Waals surface area (Å²) in [4.78, 5) is 17.9. The van der Waals surface area contributed by atoms with Crippen molar-refractivity contribution in [1.29, 1.82) is 0 Å². The minimum atomic E-state index is -3.43. The maximum absolute atomic E-state index is 13.3. The molecule has 3 aromatic carbocycles. The van der Waals surface area contributed by atoms with Crippen LogP contribution in [0.3, 0.4) is 0 Å². The van der Waals surface area contributed by atoms with E-state index in [9.17, 15) is 13.2 Å². The number of aromatic nitrogens is 1. The van der Waals surface area contributed by atoms with Gasteiger partial charge in [-0.3, -0.25) is 9.78 Å². The van der Waals surface area contributed by atoms with Gasteiger partial charge in [0, 0.05) is 29.3 Å². The fraction of sp³-hybridized carbons (Fsp3) is 0.143. The summed E-state index contributed by atoms with van der Waals surface area (Å²) in [7, 11) is -3.43. The molecule has 5 nitrogen and oxygen atoms in total. The number of anilines is 1. The molecule has 0 unspecified atom stereocenters. The number of rotatable bonds is 6. The fourth-order valence-electron chi connectivity index (χ4n) is 3.94. The monoisotopic (exact) mass is 470 g/mol. The molecular formula is C28H26N2O3S. The summed E-state index contributed by atoms with van der Waals surface area (Å²) in [5, 5.41) is 2.96. The molecule has 0 aliphatic carbocycles. The third-order valence-corrected chi connectivity index (χ3v) is 6.89. The molecule has 0 radical (unpaired) electrons. The Morgan fingerprint density at radius 1 is 0.912 bits per heavy atom. The number of pyridine rings is 1. The molecule has 1 amide bonds. The third-order valence-electron chi connectivity index (χ3n) is 5.78. The lowest BCUT2D eigenvalue weighted by atomic mass is 9.95. The van der Waals surface area contributed by atoms with E-state index in [0.29, 0.717) is 16.8 Å². The van der Waals surface area contributed by atoms with Gasteiger partial charge in [-0.15, -0.1) is 0 Å². The van der Waals surface area contributed by atoms with Gasteiger partial charge < -0.3 is 5.32 Å². The zero-order valence-electron chi connectivity index (χ0n) is 19.4. The van der Waals surface area contributed by atoms with Gasteiger partial charge in [-0.05, 0) is 78.1 Å². The molecular weight excluding hydrogens is 444 g/mol. The Balaban J connectivity index is 1.74. The Morgan fingerprint density at radius 2 is 1.74 bits per heavy atom. The van der Waals surface area contributed by atoms with Gasteiger partial charge in [0.05, 0.1) is 10.6 Å². The van der Waals surface area contributed by atoms with Gasteiger partial charge in [0.25, 0.3) is 5.91 Å². The summed E-state index contributed by atoms with van der Waals surface area (Å²) in [6.07, 6.45) is 3.79. The van der Waals surface area contributed by atoms with E-state index < -0.39 is 9.84 Å². The molecule has 0 aliphatic heterocycles. The van der Waals surface area contributed by atoms with E-state index in [1.807, 2.05) is 67.6 Å². The standard InChI is InChI=1S/C28H26N2O3S/c1-4-20-11-12-21(16-19(20)2)26-18-24(34(3,32)33)13-14-25(26)28(31)30-23-9-7-8-22(17-23)27-10-5-6-15-29-27/h5-18H,4H2,1-3H3,(H,30,31). The lowest BCUT2D eigenvalue weighted by molar-refractivity contribution is 0.102. The topological polar surface area (TPSA) is 76.1 Å². The Labute approximate surface area is 200 Å². The summed E-state index contributed by atoms with van der Waals surface area (Å²) in [6, 6.07) is 23.7. The predicted octanol–water partition coefficient (Wildman–Crippen LogP) is 5.94. The van der Waals surface area contributed by atoms with Crippen molar-refractivity contribution in [3.05, 3.63) is 102 Å². The van der Waals surface area contributed by atoms with Gasteiger partial charge in [0.1, 0.15) is 0 Å². The normalized spacial score (nSPS) is 11.3. The maximum Gasteiger partial charge on any atom is 0.256 e. The molecule has 1 N–H and O–H groups in total. The number of carbonyl (C=O) groups excluding carboxylic acids is 1. The number of hydrogen-bond donors (Lipinski definition) is 1. The zero-order chi connectivity index (χ0) is 24.3. The van der Waals surface area contributed by atoms with E-state index in [0.717, 1.165) is 28.8 Å². The highest BCUT2D eigenvalue weighted by atomic mass is 32.2. The van der Waals surface area contributed by atoms with Crippen LogP contribution in [0.15, 0.2) is 90.0 Å². The van der Waals surface area contributed by atoms with E-state index in [1.165, 1.54) is 17.9 Å². The minimum Gasteiger partial charge on any atom is -0.322 e. The largest absolute Gasteiger partial charge is 0.322 e. The van der Waals surface area contributed by atoms with Crippen molar-refractivity contribution >= 4 is 21.4 Å². The van der Waals surface area contributed by atoms with Crippen LogP contribution in [0.2, 0.25) is 0 Å². The summed E-state index contributed by atoms with van der Waals surface area (Å²) >= 11 is 0. The molecule has 0 fully saturated rings. The second-order valence-corrected chi connectivity index (χ2v) is 10.2. The van der Waals surface area contributed by atoms with Crippen LogP contribution in [0.4, 0.5) is 5.69 Å². The van der Waals surface area contributed by atoms with Crippen molar-refractivity contribution in [2.45, 2.75) is 25.2 Å². The van der Waals surface area contributed by atoms with Crippen LogP contribution in [0.25, 0.3) is 22.4 Å². The van der Waals surface area contributed by atoms with Gasteiger partial charge in [0.15, 0.2) is 9.84 Å². The van der Waals surface area contributed by atoms with E-state index in [4.69, 9.17) is 0 Å². The number of nitrogens with one attached hydrogen (secondary N) is 1. The average Bonchev–Trinajstić information content (AvgIpc) is 2.83. The molecule has 34 heavy (non-hydrogen) atoms. The molecule has 0 saturated heterocycles. The summed E-state index contributed by atoms with van der Waals surface area (Å²) in [5.41, 5.74) is 6.40. The first-order valence-electron chi connectivity index (χ1n) is 11.0. The molecule has 4 aromatic rings. The zero-order valence-corrected chi connectivity index (χ0v) is 20.2. The highest BCUT2D eigenvalue weighted by Crippen LogP contribution is 2.30. The van der Waals surface area contributed by atoms with Crippen LogP contribution in [-0.2, 0) is 16.3 Å². The Hall–Kier alpha value is -3.77. The molecule has 4 rings (SSSR count). The third kappa shape index (κ3) is 5.07. The molecule has 6 heteroatoms. The second kappa shape index (κ2) is 9.61. The average molecular weight is 471 g/mol. The number of carbonyl (C=O) groups is 1. The van der Waals surface area contributed by atoms with Crippen molar-refractivity contribution in [1.82, 2.24) is 4.98 Å². The number of sulfone groups is 1. The lowest BCUT2D eigenvalue weighted by Gasteiger charge is -2.14. The van der Waals surface area contributed by atoms with Crippen LogP contribution in [0.1, 0.15) is 28.4 Å². The van der Waals surface area contributed by atoms with Crippen molar-refractivity contribution in [3.8, 4) is 22.4 Å². The van der Waals surface area contributed by atoms with Gasteiger partial charge in [-0.25, -0.2) is 8.42 Å². The van der Waals surface area contributed by atoms with Crippen LogP contribution in [-0.4, -0.2) is 25.6 Å².